The Hall–Kier alpha value is -2.47. The molecule has 3 aromatic rings. The third-order valence-corrected chi connectivity index (χ3v) is 5.44. The third kappa shape index (κ3) is 3.55. The molecule has 0 bridgehead atoms. The van der Waals surface area contributed by atoms with Crippen molar-refractivity contribution in [2.75, 3.05) is 5.32 Å². The van der Waals surface area contributed by atoms with Gasteiger partial charge >= 0.3 is 0 Å². The molecule has 0 aliphatic heterocycles. The minimum absolute atomic E-state index is 0.0672. The summed E-state index contributed by atoms with van der Waals surface area (Å²) in [5.41, 5.74) is 8.59. The van der Waals surface area contributed by atoms with Crippen LogP contribution in [0.25, 0.3) is 11.3 Å². The first kappa shape index (κ1) is 18.3. The topological polar surface area (TPSA) is 59.8 Å². The van der Waals surface area contributed by atoms with Crippen LogP contribution in [0.3, 0.4) is 0 Å². The maximum absolute atomic E-state index is 12.4. The lowest BCUT2D eigenvalue weighted by molar-refractivity contribution is -0.115. The molecular weight excluding hydrogens is 344 g/mol. The standard InChI is InChI=1S/C20H24N4OS/c1-11-7-12(2)19(13(3)8-11)17-10-26-20(21-17)22-18(25)9-16-14(4)23-24(6)15(16)5/h7-8,10H,9H2,1-6H3,(H,21,22,25). The first-order valence-corrected chi connectivity index (χ1v) is 9.47. The fourth-order valence-electron chi connectivity index (χ4n) is 3.43. The molecule has 0 spiro atoms. The number of aromatic nitrogens is 3. The van der Waals surface area contributed by atoms with Gasteiger partial charge in [0.2, 0.25) is 5.91 Å². The number of thiazole rings is 1. The lowest BCUT2D eigenvalue weighted by atomic mass is 9.98. The Bertz CT molecular complexity index is 961. The Balaban J connectivity index is 1.78. The van der Waals surface area contributed by atoms with Gasteiger partial charge in [0, 0.05) is 29.2 Å². The number of nitrogens with zero attached hydrogens (tertiary/aromatic N) is 3. The van der Waals surface area contributed by atoms with Gasteiger partial charge < -0.3 is 5.32 Å². The second-order valence-corrected chi connectivity index (χ2v) is 7.67. The molecule has 0 unspecified atom stereocenters. The van der Waals surface area contributed by atoms with Crippen LogP contribution in [0.4, 0.5) is 5.13 Å². The van der Waals surface area contributed by atoms with Crippen LogP contribution in [0.5, 0.6) is 0 Å². The first-order valence-electron chi connectivity index (χ1n) is 8.59. The van der Waals surface area contributed by atoms with Crippen molar-refractivity contribution < 1.29 is 4.79 Å². The zero-order chi connectivity index (χ0) is 19.0. The summed E-state index contributed by atoms with van der Waals surface area (Å²) in [6, 6.07) is 4.32. The molecule has 1 aromatic carbocycles. The molecule has 0 atom stereocenters. The SMILES string of the molecule is Cc1cc(C)c(-c2csc(NC(=O)Cc3c(C)nn(C)c3C)n2)c(C)c1. The zero-order valence-electron chi connectivity index (χ0n) is 16.1. The highest BCUT2D eigenvalue weighted by Crippen LogP contribution is 2.31. The van der Waals surface area contributed by atoms with E-state index in [4.69, 9.17) is 0 Å². The molecule has 26 heavy (non-hydrogen) atoms. The summed E-state index contributed by atoms with van der Waals surface area (Å²) < 4.78 is 1.81. The van der Waals surface area contributed by atoms with Gasteiger partial charge in [-0.05, 0) is 45.7 Å². The van der Waals surface area contributed by atoms with E-state index >= 15 is 0 Å². The summed E-state index contributed by atoms with van der Waals surface area (Å²) >= 11 is 1.45. The van der Waals surface area contributed by atoms with Crippen LogP contribution < -0.4 is 5.32 Å². The third-order valence-electron chi connectivity index (χ3n) is 4.68. The van der Waals surface area contributed by atoms with Gasteiger partial charge in [0.15, 0.2) is 5.13 Å². The summed E-state index contributed by atoms with van der Waals surface area (Å²) in [5.74, 6) is -0.0672. The van der Waals surface area contributed by atoms with Crippen LogP contribution in [-0.4, -0.2) is 20.7 Å². The van der Waals surface area contributed by atoms with E-state index in [1.54, 1.807) is 0 Å². The number of carbonyl (C=O) groups is 1. The van der Waals surface area contributed by atoms with E-state index in [1.807, 2.05) is 31.0 Å². The monoisotopic (exact) mass is 368 g/mol. The van der Waals surface area contributed by atoms with Gasteiger partial charge in [-0.25, -0.2) is 4.98 Å². The fraction of sp³-hybridized carbons (Fsp3) is 0.350. The van der Waals surface area contributed by atoms with E-state index < -0.39 is 0 Å². The van der Waals surface area contributed by atoms with Gasteiger partial charge in [-0.3, -0.25) is 9.48 Å². The highest BCUT2D eigenvalue weighted by molar-refractivity contribution is 7.14. The molecule has 1 amide bonds. The van der Waals surface area contributed by atoms with Crippen molar-refractivity contribution in [2.45, 2.75) is 41.0 Å². The van der Waals surface area contributed by atoms with E-state index in [2.05, 4.69) is 48.3 Å². The van der Waals surface area contributed by atoms with Gasteiger partial charge in [0.05, 0.1) is 17.8 Å². The number of hydrogen-bond acceptors (Lipinski definition) is 4. The minimum Gasteiger partial charge on any atom is -0.302 e. The molecule has 0 aliphatic rings. The normalized spacial score (nSPS) is 11.0. The Morgan fingerprint density at radius 1 is 1.15 bits per heavy atom. The average molecular weight is 369 g/mol. The van der Waals surface area contributed by atoms with Gasteiger partial charge in [-0.15, -0.1) is 11.3 Å². The van der Waals surface area contributed by atoms with Crippen LogP contribution in [0.15, 0.2) is 17.5 Å². The van der Waals surface area contributed by atoms with Crippen molar-refractivity contribution in [3.63, 3.8) is 0 Å². The number of anilines is 1. The van der Waals surface area contributed by atoms with E-state index in [-0.39, 0.29) is 5.91 Å². The molecular formula is C20H24N4OS. The molecule has 6 heteroatoms. The molecule has 0 saturated heterocycles. The molecule has 0 aliphatic carbocycles. The number of carbonyl (C=O) groups excluding carboxylic acids is 1. The van der Waals surface area contributed by atoms with E-state index in [9.17, 15) is 4.79 Å². The maximum Gasteiger partial charge on any atom is 0.230 e. The predicted octanol–water partition coefficient (Wildman–Crippen LogP) is 4.27. The molecule has 3 rings (SSSR count). The average Bonchev–Trinajstić information content (AvgIpc) is 3.07. The van der Waals surface area contributed by atoms with E-state index in [1.165, 1.54) is 28.0 Å². The van der Waals surface area contributed by atoms with Gasteiger partial charge in [0.25, 0.3) is 0 Å². The van der Waals surface area contributed by atoms with Gasteiger partial charge in [0.1, 0.15) is 0 Å². The summed E-state index contributed by atoms with van der Waals surface area (Å²) in [6.45, 7) is 10.2. The lowest BCUT2D eigenvalue weighted by Crippen LogP contribution is -2.15. The number of nitrogens with one attached hydrogen (secondary N) is 1. The van der Waals surface area contributed by atoms with Crippen LogP contribution in [0.1, 0.15) is 33.6 Å². The first-order chi connectivity index (χ1) is 12.3. The molecule has 136 valence electrons. The highest BCUT2D eigenvalue weighted by Gasteiger charge is 2.16. The van der Waals surface area contributed by atoms with Crippen molar-refractivity contribution in [3.8, 4) is 11.3 Å². The Labute approximate surface area is 158 Å². The Kier molecular flexibility index (Phi) is 4.96. The van der Waals surface area contributed by atoms with Crippen LogP contribution in [-0.2, 0) is 18.3 Å². The van der Waals surface area contributed by atoms with Crippen molar-refractivity contribution in [1.29, 1.82) is 0 Å². The summed E-state index contributed by atoms with van der Waals surface area (Å²) in [5, 5.41) is 9.92. The maximum atomic E-state index is 12.4. The Morgan fingerprint density at radius 2 is 1.81 bits per heavy atom. The summed E-state index contributed by atoms with van der Waals surface area (Å²) in [7, 11) is 1.89. The molecule has 2 aromatic heterocycles. The second kappa shape index (κ2) is 7.03. The molecule has 1 N–H and O–H groups in total. The summed E-state index contributed by atoms with van der Waals surface area (Å²) in [4.78, 5) is 17.1. The van der Waals surface area contributed by atoms with Crippen molar-refractivity contribution >= 4 is 22.4 Å². The highest BCUT2D eigenvalue weighted by atomic mass is 32.1. The van der Waals surface area contributed by atoms with Gasteiger partial charge in [-0.1, -0.05) is 17.7 Å². The fourth-order valence-corrected chi connectivity index (χ4v) is 4.14. The minimum atomic E-state index is -0.0672. The second-order valence-electron chi connectivity index (χ2n) is 6.81. The van der Waals surface area contributed by atoms with Crippen molar-refractivity contribution in [2.24, 2.45) is 7.05 Å². The van der Waals surface area contributed by atoms with Crippen LogP contribution in [0.2, 0.25) is 0 Å². The molecule has 5 nitrogen and oxygen atoms in total. The van der Waals surface area contributed by atoms with E-state index in [0.717, 1.165) is 28.2 Å². The molecule has 0 radical (unpaired) electrons. The molecule has 2 heterocycles. The molecule has 0 saturated carbocycles. The number of amides is 1. The number of benzene rings is 1. The quantitative estimate of drug-likeness (QED) is 0.748. The van der Waals surface area contributed by atoms with Crippen LogP contribution >= 0.6 is 11.3 Å². The largest absolute Gasteiger partial charge is 0.302 e. The number of aryl methyl sites for hydroxylation is 5. The number of rotatable bonds is 4. The lowest BCUT2D eigenvalue weighted by Gasteiger charge is -2.08. The van der Waals surface area contributed by atoms with Crippen molar-refractivity contribution in [1.82, 2.24) is 14.8 Å². The predicted molar refractivity (Wildman–Crippen MR) is 107 cm³/mol. The number of hydrogen-bond donors (Lipinski definition) is 1. The summed E-state index contributed by atoms with van der Waals surface area (Å²) in [6.07, 6.45) is 0.309. The van der Waals surface area contributed by atoms with Gasteiger partial charge in [-0.2, -0.15) is 5.10 Å². The smallest absolute Gasteiger partial charge is 0.230 e. The Morgan fingerprint density at radius 3 is 2.38 bits per heavy atom. The van der Waals surface area contributed by atoms with Crippen LogP contribution in [0, 0.1) is 34.6 Å². The zero-order valence-corrected chi connectivity index (χ0v) is 16.9. The van der Waals surface area contributed by atoms with E-state index in [0.29, 0.717) is 11.6 Å². The van der Waals surface area contributed by atoms with Crippen molar-refractivity contribution in [3.05, 3.63) is 51.2 Å². The molecule has 0 fully saturated rings.